The van der Waals surface area contributed by atoms with Gasteiger partial charge in [0.25, 0.3) is 6.43 Å². The van der Waals surface area contributed by atoms with E-state index in [1.54, 1.807) is 12.1 Å². The first kappa shape index (κ1) is 20.3. The molecule has 1 aromatic carbocycles. The van der Waals surface area contributed by atoms with Crippen molar-refractivity contribution in [3.8, 4) is 0 Å². The standard InChI is InChI=1S/C20H28F2N2O2/c1-20(2,3)19(26)24-16-10-8-15(9-11-16)18(25)23-12-13-4-6-14(7-5-13)17(21)22/h4-7,15-17H,8-12H2,1-3H3,(H,23,25)(H,24,26). The molecule has 0 aromatic heterocycles. The number of benzene rings is 1. The minimum Gasteiger partial charge on any atom is -0.353 e. The van der Waals surface area contributed by atoms with Gasteiger partial charge in [0.15, 0.2) is 0 Å². The van der Waals surface area contributed by atoms with Crippen molar-refractivity contribution >= 4 is 11.8 Å². The summed E-state index contributed by atoms with van der Waals surface area (Å²) in [4.78, 5) is 24.4. The summed E-state index contributed by atoms with van der Waals surface area (Å²) in [5.74, 6) is -0.0284. The van der Waals surface area contributed by atoms with Crippen LogP contribution in [0.2, 0.25) is 0 Å². The summed E-state index contributed by atoms with van der Waals surface area (Å²) < 4.78 is 25.1. The largest absolute Gasteiger partial charge is 0.353 e. The summed E-state index contributed by atoms with van der Waals surface area (Å²) in [6.07, 6.45) is 0.593. The second-order valence-corrected chi connectivity index (χ2v) is 8.03. The molecule has 1 aliphatic rings. The second kappa shape index (κ2) is 8.60. The maximum Gasteiger partial charge on any atom is 0.263 e. The van der Waals surface area contributed by atoms with Gasteiger partial charge in [0.2, 0.25) is 11.8 Å². The summed E-state index contributed by atoms with van der Waals surface area (Å²) in [6, 6.07) is 6.12. The highest BCUT2D eigenvalue weighted by Gasteiger charge is 2.29. The molecule has 0 atom stereocenters. The highest BCUT2D eigenvalue weighted by Crippen LogP contribution is 2.26. The summed E-state index contributed by atoms with van der Waals surface area (Å²) in [5, 5.41) is 5.94. The second-order valence-electron chi connectivity index (χ2n) is 8.03. The minimum absolute atomic E-state index is 0.0106. The van der Waals surface area contributed by atoms with E-state index in [4.69, 9.17) is 0 Å². The number of hydrogen-bond donors (Lipinski definition) is 2. The van der Waals surface area contributed by atoms with E-state index in [1.165, 1.54) is 12.1 Å². The van der Waals surface area contributed by atoms with Gasteiger partial charge >= 0.3 is 0 Å². The van der Waals surface area contributed by atoms with Gasteiger partial charge in [0, 0.05) is 29.5 Å². The summed E-state index contributed by atoms with van der Waals surface area (Å²) in [7, 11) is 0. The lowest BCUT2D eigenvalue weighted by molar-refractivity contribution is -0.129. The molecular weight excluding hydrogens is 338 g/mol. The molecule has 1 fully saturated rings. The Kier molecular flexibility index (Phi) is 6.73. The molecule has 2 N–H and O–H groups in total. The molecule has 2 amide bonds. The quantitative estimate of drug-likeness (QED) is 0.829. The molecule has 0 spiro atoms. The zero-order valence-corrected chi connectivity index (χ0v) is 15.6. The Labute approximate surface area is 153 Å². The van der Waals surface area contributed by atoms with Crippen molar-refractivity contribution in [1.29, 1.82) is 0 Å². The maximum atomic E-state index is 12.5. The Morgan fingerprint density at radius 2 is 1.65 bits per heavy atom. The van der Waals surface area contributed by atoms with E-state index in [1.807, 2.05) is 20.8 Å². The van der Waals surface area contributed by atoms with Crippen molar-refractivity contribution in [2.24, 2.45) is 11.3 Å². The van der Waals surface area contributed by atoms with Crippen molar-refractivity contribution in [3.63, 3.8) is 0 Å². The van der Waals surface area contributed by atoms with Crippen LogP contribution in [0, 0.1) is 11.3 Å². The summed E-state index contributed by atoms with van der Waals surface area (Å²) in [5.41, 5.74) is 0.373. The molecule has 0 heterocycles. The fourth-order valence-corrected chi connectivity index (χ4v) is 3.02. The Hall–Kier alpha value is -1.98. The molecule has 0 radical (unpaired) electrons. The van der Waals surface area contributed by atoms with Crippen LogP contribution in [-0.2, 0) is 16.1 Å². The number of nitrogens with one attached hydrogen (secondary N) is 2. The lowest BCUT2D eigenvalue weighted by Crippen LogP contribution is -2.44. The normalized spacial score (nSPS) is 20.7. The molecule has 6 heteroatoms. The summed E-state index contributed by atoms with van der Waals surface area (Å²) >= 11 is 0. The number of amides is 2. The van der Waals surface area contributed by atoms with Gasteiger partial charge in [-0.25, -0.2) is 8.78 Å². The molecule has 0 unspecified atom stereocenters. The number of halogens is 2. The maximum absolute atomic E-state index is 12.5. The first-order valence-electron chi connectivity index (χ1n) is 9.12. The van der Waals surface area contributed by atoms with Gasteiger partial charge in [-0.05, 0) is 31.2 Å². The van der Waals surface area contributed by atoms with Gasteiger partial charge < -0.3 is 10.6 Å². The monoisotopic (exact) mass is 366 g/mol. The third-order valence-electron chi connectivity index (χ3n) is 4.81. The van der Waals surface area contributed by atoms with Crippen LogP contribution in [0.5, 0.6) is 0 Å². The van der Waals surface area contributed by atoms with Crippen molar-refractivity contribution < 1.29 is 18.4 Å². The van der Waals surface area contributed by atoms with E-state index in [0.29, 0.717) is 6.54 Å². The van der Waals surface area contributed by atoms with E-state index in [2.05, 4.69) is 10.6 Å². The predicted molar refractivity (Wildman–Crippen MR) is 96.6 cm³/mol. The van der Waals surface area contributed by atoms with Gasteiger partial charge in [0.05, 0.1) is 0 Å². The third kappa shape index (κ3) is 5.78. The van der Waals surface area contributed by atoms with Crippen LogP contribution in [0.15, 0.2) is 24.3 Å². The average molecular weight is 366 g/mol. The van der Waals surface area contributed by atoms with Crippen LogP contribution in [0.25, 0.3) is 0 Å². The minimum atomic E-state index is -2.48. The number of alkyl halides is 2. The molecule has 0 bridgehead atoms. The van der Waals surface area contributed by atoms with E-state index >= 15 is 0 Å². The van der Waals surface area contributed by atoms with Crippen molar-refractivity contribution in [3.05, 3.63) is 35.4 Å². The molecule has 26 heavy (non-hydrogen) atoms. The van der Waals surface area contributed by atoms with Crippen molar-refractivity contribution in [2.75, 3.05) is 0 Å². The predicted octanol–water partition coefficient (Wildman–Crippen LogP) is 3.96. The third-order valence-corrected chi connectivity index (χ3v) is 4.81. The molecule has 0 saturated heterocycles. The SMILES string of the molecule is CC(C)(C)C(=O)NC1CCC(C(=O)NCc2ccc(C(F)F)cc2)CC1. The van der Waals surface area contributed by atoms with Gasteiger partial charge in [-0.1, -0.05) is 45.0 Å². The Balaban J connectivity index is 1.75. The van der Waals surface area contributed by atoms with Crippen LogP contribution in [0.4, 0.5) is 8.78 Å². The lowest BCUT2D eigenvalue weighted by Gasteiger charge is -2.30. The first-order chi connectivity index (χ1) is 12.2. The van der Waals surface area contributed by atoms with Gasteiger partial charge in [-0.15, -0.1) is 0 Å². The van der Waals surface area contributed by atoms with Crippen LogP contribution >= 0.6 is 0 Å². The Morgan fingerprint density at radius 1 is 1.08 bits per heavy atom. The molecule has 2 rings (SSSR count). The highest BCUT2D eigenvalue weighted by molar-refractivity contribution is 5.82. The van der Waals surface area contributed by atoms with E-state index in [0.717, 1.165) is 31.2 Å². The average Bonchev–Trinajstić information content (AvgIpc) is 2.59. The van der Waals surface area contributed by atoms with Gasteiger partial charge in [-0.3, -0.25) is 9.59 Å². The van der Waals surface area contributed by atoms with Gasteiger partial charge in [0.1, 0.15) is 0 Å². The molecule has 1 saturated carbocycles. The lowest BCUT2D eigenvalue weighted by atomic mass is 9.84. The topological polar surface area (TPSA) is 58.2 Å². The molecular formula is C20H28F2N2O2. The zero-order valence-electron chi connectivity index (χ0n) is 15.6. The van der Waals surface area contributed by atoms with Crippen LogP contribution in [-0.4, -0.2) is 17.9 Å². The Morgan fingerprint density at radius 3 is 2.15 bits per heavy atom. The zero-order chi connectivity index (χ0) is 19.3. The van der Waals surface area contributed by atoms with Crippen LogP contribution < -0.4 is 10.6 Å². The number of hydrogen-bond acceptors (Lipinski definition) is 2. The van der Waals surface area contributed by atoms with E-state index < -0.39 is 11.8 Å². The number of carbonyl (C=O) groups excluding carboxylic acids is 2. The van der Waals surface area contributed by atoms with Crippen molar-refractivity contribution in [2.45, 2.75) is 65.5 Å². The molecule has 1 aromatic rings. The molecule has 1 aliphatic carbocycles. The fourth-order valence-electron chi connectivity index (χ4n) is 3.02. The molecule has 0 aliphatic heterocycles. The summed E-state index contributed by atoms with van der Waals surface area (Å²) in [6.45, 7) is 5.99. The smallest absolute Gasteiger partial charge is 0.263 e. The molecule has 144 valence electrons. The highest BCUT2D eigenvalue weighted by atomic mass is 19.3. The molecule has 4 nitrogen and oxygen atoms in total. The number of rotatable bonds is 5. The van der Waals surface area contributed by atoms with Crippen LogP contribution in [0.3, 0.4) is 0 Å². The van der Waals surface area contributed by atoms with E-state index in [9.17, 15) is 18.4 Å². The van der Waals surface area contributed by atoms with Gasteiger partial charge in [-0.2, -0.15) is 0 Å². The first-order valence-corrected chi connectivity index (χ1v) is 9.12. The Bertz CT molecular complexity index is 616. The van der Waals surface area contributed by atoms with Crippen LogP contribution in [0.1, 0.15) is 64.0 Å². The number of carbonyl (C=O) groups is 2. The van der Waals surface area contributed by atoms with E-state index in [-0.39, 0.29) is 29.3 Å². The fraction of sp³-hybridized carbons (Fsp3) is 0.600. The van der Waals surface area contributed by atoms with Crippen molar-refractivity contribution in [1.82, 2.24) is 10.6 Å².